The van der Waals surface area contributed by atoms with E-state index in [-0.39, 0.29) is 6.04 Å². The fourth-order valence-electron chi connectivity index (χ4n) is 2.92. The lowest BCUT2D eigenvalue weighted by atomic mass is 9.76. The first-order valence-corrected chi connectivity index (χ1v) is 7.48. The molecule has 1 aliphatic rings. The third kappa shape index (κ3) is 2.47. The molecule has 3 heteroatoms. The molecule has 0 spiro atoms. The van der Waals surface area contributed by atoms with Crippen LogP contribution in [0.3, 0.4) is 0 Å². The highest BCUT2D eigenvalue weighted by Crippen LogP contribution is 2.41. The van der Waals surface area contributed by atoms with Crippen LogP contribution in [0.5, 0.6) is 0 Å². The number of hydrogen-bond acceptors (Lipinski definition) is 2. The maximum absolute atomic E-state index is 6.33. The molecule has 1 fully saturated rings. The molecule has 2 aromatic rings. The van der Waals surface area contributed by atoms with E-state index in [1.807, 2.05) is 24.3 Å². The molecule has 1 atom stereocenters. The molecular formula is C17H19ClN2. The summed E-state index contributed by atoms with van der Waals surface area (Å²) in [6.07, 6.45) is 3.87. The summed E-state index contributed by atoms with van der Waals surface area (Å²) in [5.41, 5.74) is 6.61. The zero-order valence-corrected chi connectivity index (χ0v) is 12.1. The Labute approximate surface area is 124 Å². The van der Waals surface area contributed by atoms with E-state index in [0.717, 1.165) is 10.6 Å². The highest BCUT2D eigenvalue weighted by atomic mass is 35.5. The third-order valence-corrected chi connectivity index (χ3v) is 4.58. The van der Waals surface area contributed by atoms with Crippen LogP contribution < -0.4 is 11.3 Å². The lowest BCUT2D eigenvalue weighted by Crippen LogP contribution is -2.30. The van der Waals surface area contributed by atoms with Crippen molar-refractivity contribution >= 4 is 11.6 Å². The van der Waals surface area contributed by atoms with Crippen molar-refractivity contribution in [2.45, 2.75) is 31.2 Å². The summed E-state index contributed by atoms with van der Waals surface area (Å²) in [6.45, 7) is 0. The van der Waals surface area contributed by atoms with Gasteiger partial charge < -0.3 is 0 Å². The average molecular weight is 287 g/mol. The van der Waals surface area contributed by atoms with E-state index < -0.39 is 0 Å². The highest BCUT2D eigenvalue weighted by Gasteiger charge is 2.25. The summed E-state index contributed by atoms with van der Waals surface area (Å²) < 4.78 is 0. The van der Waals surface area contributed by atoms with Crippen LogP contribution in [-0.4, -0.2) is 0 Å². The van der Waals surface area contributed by atoms with Crippen LogP contribution in [-0.2, 0) is 0 Å². The number of hydrogen-bond donors (Lipinski definition) is 2. The van der Waals surface area contributed by atoms with Gasteiger partial charge in [-0.15, -0.1) is 0 Å². The van der Waals surface area contributed by atoms with Gasteiger partial charge in [0.1, 0.15) is 0 Å². The molecule has 3 rings (SSSR count). The van der Waals surface area contributed by atoms with Crippen molar-refractivity contribution in [1.82, 2.24) is 5.43 Å². The molecule has 0 heterocycles. The van der Waals surface area contributed by atoms with Gasteiger partial charge in [0, 0.05) is 5.02 Å². The predicted molar refractivity (Wildman–Crippen MR) is 83.7 cm³/mol. The molecule has 0 saturated heterocycles. The SMILES string of the molecule is NNC(c1ccccc1Cl)c1ccccc1C1CCC1. The van der Waals surface area contributed by atoms with E-state index >= 15 is 0 Å². The van der Waals surface area contributed by atoms with Crippen molar-refractivity contribution in [2.24, 2.45) is 5.84 Å². The number of nitrogens with one attached hydrogen (secondary N) is 1. The smallest absolute Gasteiger partial charge is 0.0727 e. The Balaban J connectivity index is 2.03. The zero-order valence-electron chi connectivity index (χ0n) is 11.4. The summed E-state index contributed by atoms with van der Waals surface area (Å²) in [5, 5.41) is 0.749. The molecule has 0 amide bonds. The van der Waals surface area contributed by atoms with E-state index in [4.69, 9.17) is 17.4 Å². The van der Waals surface area contributed by atoms with E-state index in [2.05, 4.69) is 29.7 Å². The molecular weight excluding hydrogens is 268 g/mol. The molecule has 3 N–H and O–H groups in total. The van der Waals surface area contributed by atoms with Crippen molar-refractivity contribution in [3.05, 3.63) is 70.2 Å². The Kier molecular flexibility index (Phi) is 4.06. The molecule has 1 unspecified atom stereocenters. The van der Waals surface area contributed by atoms with Gasteiger partial charge in [0.15, 0.2) is 0 Å². The van der Waals surface area contributed by atoms with Gasteiger partial charge in [-0.25, -0.2) is 5.43 Å². The molecule has 0 aromatic heterocycles. The van der Waals surface area contributed by atoms with E-state index in [0.29, 0.717) is 5.92 Å². The number of halogens is 1. The topological polar surface area (TPSA) is 38.0 Å². The number of nitrogens with two attached hydrogens (primary N) is 1. The summed E-state index contributed by atoms with van der Waals surface area (Å²) in [6, 6.07) is 16.4. The van der Waals surface area contributed by atoms with Crippen LogP contribution in [0.4, 0.5) is 0 Å². The number of benzene rings is 2. The second-order valence-electron chi connectivity index (χ2n) is 5.38. The van der Waals surface area contributed by atoms with E-state index in [9.17, 15) is 0 Å². The van der Waals surface area contributed by atoms with Crippen molar-refractivity contribution in [1.29, 1.82) is 0 Å². The first-order chi connectivity index (χ1) is 9.81. The Morgan fingerprint density at radius 1 is 1.00 bits per heavy atom. The van der Waals surface area contributed by atoms with Crippen LogP contribution >= 0.6 is 11.6 Å². The fourth-order valence-corrected chi connectivity index (χ4v) is 3.17. The zero-order chi connectivity index (χ0) is 13.9. The van der Waals surface area contributed by atoms with Crippen LogP contribution in [0.25, 0.3) is 0 Å². The van der Waals surface area contributed by atoms with Crippen LogP contribution in [0.15, 0.2) is 48.5 Å². The van der Waals surface area contributed by atoms with Gasteiger partial charge in [-0.2, -0.15) is 0 Å². The maximum Gasteiger partial charge on any atom is 0.0727 e. The summed E-state index contributed by atoms with van der Waals surface area (Å²) in [7, 11) is 0. The first kappa shape index (κ1) is 13.6. The molecule has 0 aliphatic heterocycles. The first-order valence-electron chi connectivity index (χ1n) is 7.10. The van der Waals surface area contributed by atoms with Gasteiger partial charge in [0.2, 0.25) is 0 Å². The lowest BCUT2D eigenvalue weighted by molar-refractivity contribution is 0.414. The standard InChI is InChI=1S/C17H19ClN2/c18-16-11-4-3-10-15(16)17(20-19)14-9-2-1-8-13(14)12-6-5-7-12/h1-4,8-12,17,20H,5-7,19H2. The minimum Gasteiger partial charge on any atom is -0.271 e. The molecule has 104 valence electrons. The van der Waals surface area contributed by atoms with Gasteiger partial charge in [-0.3, -0.25) is 5.84 Å². The Bertz CT molecular complexity index is 593. The molecule has 2 aromatic carbocycles. The van der Waals surface area contributed by atoms with Crippen molar-refractivity contribution < 1.29 is 0 Å². The van der Waals surface area contributed by atoms with Crippen molar-refractivity contribution in [3.8, 4) is 0 Å². The summed E-state index contributed by atoms with van der Waals surface area (Å²) >= 11 is 6.33. The fraction of sp³-hybridized carbons (Fsp3) is 0.294. The van der Waals surface area contributed by atoms with Crippen LogP contribution in [0.1, 0.15) is 47.9 Å². The second-order valence-corrected chi connectivity index (χ2v) is 5.79. The molecule has 0 radical (unpaired) electrons. The van der Waals surface area contributed by atoms with E-state index in [1.54, 1.807) is 0 Å². The monoisotopic (exact) mass is 286 g/mol. The average Bonchev–Trinajstić information content (AvgIpc) is 2.41. The Morgan fingerprint density at radius 2 is 1.65 bits per heavy atom. The van der Waals surface area contributed by atoms with Crippen molar-refractivity contribution in [2.75, 3.05) is 0 Å². The van der Waals surface area contributed by atoms with Gasteiger partial charge in [-0.1, -0.05) is 60.5 Å². The Morgan fingerprint density at radius 3 is 2.25 bits per heavy atom. The van der Waals surface area contributed by atoms with Crippen LogP contribution in [0.2, 0.25) is 5.02 Å². The van der Waals surface area contributed by atoms with Crippen molar-refractivity contribution in [3.63, 3.8) is 0 Å². The van der Waals surface area contributed by atoms with Gasteiger partial charge in [0.25, 0.3) is 0 Å². The molecule has 1 saturated carbocycles. The predicted octanol–water partition coefficient (Wildman–Crippen LogP) is 4.16. The van der Waals surface area contributed by atoms with E-state index in [1.165, 1.54) is 30.4 Å². The Hall–Kier alpha value is -1.35. The number of rotatable bonds is 4. The molecule has 1 aliphatic carbocycles. The molecule has 0 bridgehead atoms. The number of hydrazine groups is 1. The maximum atomic E-state index is 6.33. The highest BCUT2D eigenvalue weighted by molar-refractivity contribution is 6.31. The minimum absolute atomic E-state index is 0.0551. The normalized spacial score (nSPS) is 16.7. The van der Waals surface area contributed by atoms with Crippen LogP contribution in [0, 0.1) is 0 Å². The van der Waals surface area contributed by atoms with Gasteiger partial charge in [-0.05, 0) is 41.5 Å². The third-order valence-electron chi connectivity index (χ3n) is 4.23. The summed E-state index contributed by atoms with van der Waals surface area (Å²) in [4.78, 5) is 0. The van der Waals surface area contributed by atoms with Gasteiger partial charge in [0.05, 0.1) is 6.04 Å². The second kappa shape index (κ2) is 5.96. The summed E-state index contributed by atoms with van der Waals surface area (Å²) in [5.74, 6) is 6.50. The molecule has 2 nitrogen and oxygen atoms in total. The largest absolute Gasteiger partial charge is 0.271 e. The molecule has 20 heavy (non-hydrogen) atoms. The van der Waals surface area contributed by atoms with Gasteiger partial charge >= 0.3 is 0 Å². The lowest BCUT2D eigenvalue weighted by Gasteiger charge is -2.30. The minimum atomic E-state index is -0.0551. The quantitative estimate of drug-likeness (QED) is 0.654.